The van der Waals surface area contributed by atoms with Gasteiger partial charge < -0.3 is 11.1 Å². The van der Waals surface area contributed by atoms with Gasteiger partial charge in [-0.1, -0.05) is 30.3 Å². The molecule has 1 rings (SSSR count). The molecule has 0 spiro atoms. The van der Waals surface area contributed by atoms with Gasteiger partial charge in [0, 0.05) is 0 Å². The van der Waals surface area contributed by atoms with E-state index >= 15 is 0 Å². The zero-order chi connectivity index (χ0) is 10.6. The molecule has 0 saturated carbocycles. The van der Waals surface area contributed by atoms with Crippen molar-refractivity contribution < 1.29 is 0 Å². The number of nitrogens with one attached hydrogen (secondary N) is 2. The first-order valence-corrected chi connectivity index (χ1v) is 4.76. The second kappa shape index (κ2) is 4.72. The van der Waals surface area contributed by atoms with Crippen LogP contribution in [0.15, 0.2) is 40.9 Å². The summed E-state index contributed by atoms with van der Waals surface area (Å²) in [7, 11) is 0. The maximum absolute atomic E-state index is 7.69. The number of hydrogen-bond acceptors (Lipinski definition) is 2. The van der Waals surface area contributed by atoms with E-state index in [9.17, 15) is 0 Å². The molecule has 0 aliphatic carbocycles. The van der Waals surface area contributed by atoms with E-state index in [0.717, 1.165) is 5.56 Å². The van der Waals surface area contributed by atoms with Gasteiger partial charge in [0.15, 0.2) is 0 Å². The van der Waals surface area contributed by atoms with Crippen molar-refractivity contribution in [2.45, 2.75) is 0 Å². The van der Waals surface area contributed by atoms with Crippen LogP contribution >= 0.6 is 15.9 Å². The van der Waals surface area contributed by atoms with Crippen molar-refractivity contribution in [2.24, 2.45) is 5.73 Å². The van der Waals surface area contributed by atoms with Gasteiger partial charge in [-0.3, -0.25) is 5.41 Å². The predicted octanol–water partition coefficient (Wildman–Crippen LogP) is 2.27. The highest BCUT2D eigenvalue weighted by atomic mass is 79.9. The van der Waals surface area contributed by atoms with Crippen LogP contribution in [0.2, 0.25) is 0 Å². The van der Waals surface area contributed by atoms with Crippen molar-refractivity contribution in [1.29, 1.82) is 10.8 Å². The van der Waals surface area contributed by atoms with Crippen molar-refractivity contribution in [3.63, 3.8) is 0 Å². The number of hydrogen-bond donors (Lipinski definition) is 3. The van der Waals surface area contributed by atoms with Crippen molar-refractivity contribution in [2.75, 3.05) is 0 Å². The Labute approximate surface area is 90.8 Å². The summed E-state index contributed by atoms with van der Waals surface area (Å²) in [6, 6.07) is 9.28. The Morgan fingerprint density at radius 2 is 1.79 bits per heavy atom. The number of nitrogens with two attached hydrogens (primary N) is 1. The van der Waals surface area contributed by atoms with E-state index in [1.54, 1.807) is 0 Å². The van der Waals surface area contributed by atoms with E-state index in [0.29, 0.717) is 10.2 Å². The lowest BCUT2D eigenvalue weighted by Crippen LogP contribution is -2.10. The molecule has 3 nitrogen and oxygen atoms in total. The monoisotopic (exact) mass is 251 g/mol. The van der Waals surface area contributed by atoms with E-state index in [2.05, 4.69) is 15.9 Å². The molecule has 14 heavy (non-hydrogen) atoms. The maximum Gasteiger partial charge on any atom is 0.130 e. The molecule has 0 aliphatic heterocycles. The highest BCUT2D eigenvalue weighted by Gasteiger charge is 2.00. The molecule has 0 radical (unpaired) electrons. The Morgan fingerprint density at radius 1 is 1.21 bits per heavy atom. The average molecular weight is 252 g/mol. The van der Waals surface area contributed by atoms with Crippen LogP contribution in [0.1, 0.15) is 5.56 Å². The van der Waals surface area contributed by atoms with Crippen molar-refractivity contribution in [3.05, 3.63) is 46.5 Å². The zero-order valence-electron chi connectivity index (χ0n) is 7.42. The maximum atomic E-state index is 7.69. The summed E-state index contributed by atoms with van der Waals surface area (Å²) < 4.78 is 0.423. The van der Waals surface area contributed by atoms with Gasteiger partial charge in [0.25, 0.3) is 0 Å². The van der Waals surface area contributed by atoms with Gasteiger partial charge in [-0.05, 0) is 27.6 Å². The van der Waals surface area contributed by atoms with Gasteiger partial charge in [-0.25, -0.2) is 0 Å². The minimum atomic E-state index is -0.0781. The lowest BCUT2D eigenvalue weighted by atomic mass is 10.1. The fourth-order valence-electron chi connectivity index (χ4n) is 0.906. The van der Waals surface area contributed by atoms with Crippen molar-refractivity contribution in [3.8, 4) is 0 Å². The van der Waals surface area contributed by atoms with E-state index in [-0.39, 0.29) is 5.84 Å². The molecule has 1 aromatic carbocycles. The van der Waals surface area contributed by atoms with Gasteiger partial charge in [-0.15, -0.1) is 0 Å². The molecule has 0 aliphatic rings. The molecular weight excluding hydrogens is 242 g/mol. The van der Waals surface area contributed by atoms with Crippen LogP contribution in [0, 0.1) is 10.8 Å². The van der Waals surface area contributed by atoms with E-state index in [1.165, 1.54) is 6.08 Å². The Hall–Kier alpha value is -1.42. The quantitative estimate of drug-likeness (QED) is 0.560. The zero-order valence-corrected chi connectivity index (χ0v) is 9.01. The second-order valence-corrected chi connectivity index (χ2v) is 3.54. The van der Waals surface area contributed by atoms with E-state index in [1.807, 2.05) is 30.3 Å². The summed E-state index contributed by atoms with van der Waals surface area (Å²) in [5, 5.41) is 14.8. The Bertz CT molecular complexity index is 382. The molecule has 1 aromatic rings. The van der Waals surface area contributed by atoms with Gasteiger partial charge in [0.1, 0.15) is 5.84 Å². The van der Waals surface area contributed by atoms with Crippen LogP contribution in [-0.2, 0) is 0 Å². The fourth-order valence-corrected chi connectivity index (χ4v) is 1.13. The molecule has 0 saturated heterocycles. The summed E-state index contributed by atoms with van der Waals surface area (Å²) in [5.41, 5.74) is 6.36. The summed E-state index contributed by atoms with van der Waals surface area (Å²) in [6.45, 7) is 0. The lowest BCUT2D eigenvalue weighted by Gasteiger charge is -1.99. The first-order valence-electron chi connectivity index (χ1n) is 3.97. The molecule has 0 heterocycles. The minimum absolute atomic E-state index is 0.0781. The molecule has 0 atom stereocenters. The normalized spacial score (nSPS) is 11.1. The smallest absolute Gasteiger partial charge is 0.130 e. The number of allylic oxidation sites excluding steroid dienone is 1. The molecular formula is C10H10BrN3. The van der Waals surface area contributed by atoms with Crippen LogP contribution in [0.25, 0.3) is 0 Å². The second-order valence-electron chi connectivity index (χ2n) is 2.69. The number of rotatable bonds is 3. The molecule has 0 amide bonds. The predicted molar refractivity (Wildman–Crippen MR) is 62.2 cm³/mol. The Kier molecular flexibility index (Phi) is 3.59. The Balaban J connectivity index is 2.88. The first kappa shape index (κ1) is 10.7. The highest BCUT2D eigenvalue weighted by Crippen LogP contribution is 2.07. The number of amidine groups is 1. The largest absolute Gasteiger partial charge is 0.383 e. The molecule has 0 unspecified atom stereocenters. The van der Waals surface area contributed by atoms with Gasteiger partial charge in [0.2, 0.25) is 0 Å². The molecule has 0 fully saturated rings. The molecule has 0 aromatic heterocycles. The van der Waals surface area contributed by atoms with Crippen molar-refractivity contribution in [1.82, 2.24) is 0 Å². The third-order valence-corrected chi connectivity index (χ3v) is 2.27. The third kappa shape index (κ3) is 2.81. The molecule has 4 heteroatoms. The van der Waals surface area contributed by atoms with Crippen LogP contribution in [-0.4, -0.2) is 11.5 Å². The molecule has 4 N–H and O–H groups in total. The summed E-state index contributed by atoms with van der Waals surface area (Å²) >= 11 is 3.11. The van der Waals surface area contributed by atoms with Gasteiger partial charge in [-0.2, -0.15) is 0 Å². The van der Waals surface area contributed by atoms with Crippen LogP contribution in [0.3, 0.4) is 0 Å². The number of benzene rings is 1. The SMILES string of the molecule is N=C(N)/C(Br)=C\C(=N)c1ccccc1. The van der Waals surface area contributed by atoms with Crippen LogP contribution < -0.4 is 5.73 Å². The summed E-state index contributed by atoms with van der Waals surface area (Å²) in [5.74, 6) is -0.0781. The Morgan fingerprint density at radius 3 is 2.29 bits per heavy atom. The molecule has 72 valence electrons. The topological polar surface area (TPSA) is 73.7 Å². The van der Waals surface area contributed by atoms with Gasteiger partial charge >= 0.3 is 0 Å². The first-order chi connectivity index (χ1) is 6.61. The number of halogens is 1. The minimum Gasteiger partial charge on any atom is -0.383 e. The standard InChI is InChI=1S/C10H10BrN3/c11-8(10(13)14)6-9(12)7-4-2-1-3-5-7/h1-6,12H,(H3,13,14)/b8-6+,12-9?. The summed E-state index contributed by atoms with van der Waals surface area (Å²) in [6.07, 6.45) is 1.51. The van der Waals surface area contributed by atoms with E-state index < -0.39 is 0 Å². The molecule has 0 bridgehead atoms. The van der Waals surface area contributed by atoms with Gasteiger partial charge in [0.05, 0.1) is 10.2 Å². The third-order valence-electron chi connectivity index (χ3n) is 1.61. The van der Waals surface area contributed by atoms with Crippen LogP contribution in [0.4, 0.5) is 0 Å². The highest BCUT2D eigenvalue weighted by molar-refractivity contribution is 9.12. The average Bonchev–Trinajstić information content (AvgIpc) is 2.19. The summed E-state index contributed by atoms with van der Waals surface area (Å²) in [4.78, 5) is 0. The lowest BCUT2D eigenvalue weighted by molar-refractivity contribution is 1.45. The fraction of sp³-hybridized carbons (Fsp3) is 0. The van der Waals surface area contributed by atoms with E-state index in [4.69, 9.17) is 16.6 Å². The van der Waals surface area contributed by atoms with Crippen molar-refractivity contribution >= 4 is 27.5 Å². The van der Waals surface area contributed by atoms with Crippen LogP contribution in [0.5, 0.6) is 0 Å².